The van der Waals surface area contributed by atoms with E-state index in [9.17, 15) is 4.79 Å². The van der Waals surface area contributed by atoms with E-state index < -0.39 is 0 Å². The summed E-state index contributed by atoms with van der Waals surface area (Å²) in [5.41, 5.74) is 13.1. The summed E-state index contributed by atoms with van der Waals surface area (Å²) in [6.07, 6.45) is 4.06. The van der Waals surface area contributed by atoms with Crippen LogP contribution in [0.5, 0.6) is 0 Å². The van der Waals surface area contributed by atoms with Crippen LogP contribution in [0, 0.1) is 0 Å². The van der Waals surface area contributed by atoms with Crippen LogP contribution in [0.3, 0.4) is 0 Å². The maximum absolute atomic E-state index is 12.3. The Kier molecular flexibility index (Phi) is 4.02. The van der Waals surface area contributed by atoms with Gasteiger partial charge in [0.1, 0.15) is 0 Å². The topological polar surface area (TPSA) is 68.0 Å². The lowest BCUT2D eigenvalue weighted by molar-refractivity contribution is 0.0945. The van der Waals surface area contributed by atoms with Gasteiger partial charge in [-0.1, -0.05) is 54.6 Å². The summed E-state index contributed by atoms with van der Waals surface area (Å²) in [5, 5.41) is 2.92. The quantitative estimate of drug-likeness (QED) is 0.732. The Morgan fingerprint density at radius 2 is 1.68 bits per heavy atom. The number of amides is 1. The van der Waals surface area contributed by atoms with Crippen molar-refractivity contribution >= 4 is 5.91 Å². The third kappa shape index (κ3) is 2.81. The van der Waals surface area contributed by atoms with Crippen molar-refractivity contribution in [1.82, 2.24) is 10.3 Å². The van der Waals surface area contributed by atoms with Crippen LogP contribution in [0.4, 0.5) is 0 Å². The molecule has 0 unspecified atom stereocenters. The first-order chi connectivity index (χ1) is 13.6. The monoisotopic (exact) mass is 369 g/mol. The van der Waals surface area contributed by atoms with E-state index in [2.05, 4.69) is 41.7 Å². The van der Waals surface area contributed by atoms with E-state index in [1.807, 2.05) is 24.3 Å². The molecule has 1 aliphatic carbocycles. The van der Waals surface area contributed by atoms with E-state index in [0.29, 0.717) is 12.1 Å². The van der Waals surface area contributed by atoms with Gasteiger partial charge in [-0.25, -0.2) is 0 Å². The number of rotatable bonds is 3. The molecule has 3 N–H and O–H groups in total. The Morgan fingerprint density at radius 3 is 2.36 bits per heavy atom. The first-order valence-electron chi connectivity index (χ1n) is 9.91. The lowest BCUT2D eigenvalue weighted by atomic mass is 9.72. The number of hydrogen-bond donors (Lipinski definition) is 2. The first-order valence-corrected chi connectivity index (χ1v) is 9.91. The molecule has 1 fully saturated rings. The third-order valence-corrected chi connectivity index (χ3v) is 6.06. The van der Waals surface area contributed by atoms with Gasteiger partial charge in [0.05, 0.1) is 17.0 Å². The van der Waals surface area contributed by atoms with Crippen molar-refractivity contribution in [2.45, 2.75) is 31.2 Å². The van der Waals surface area contributed by atoms with Gasteiger partial charge < -0.3 is 11.1 Å². The summed E-state index contributed by atoms with van der Waals surface area (Å²) >= 11 is 0. The van der Waals surface area contributed by atoms with Crippen LogP contribution < -0.4 is 11.1 Å². The number of carbonyl (C=O) groups is 1. The normalized spacial score (nSPS) is 17.4. The second kappa shape index (κ2) is 6.57. The van der Waals surface area contributed by atoms with E-state index in [1.54, 1.807) is 0 Å². The summed E-state index contributed by atoms with van der Waals surface area (Å²) in [6, 6.07) is 20.6. The minimum absolute atomic E-state index is 0.0390. The fourth-order valence-corrected chi connectivity index (χ4v) is 4.19. The van der Waals surface area contributed by atoms with Gasteiger partial charge in [0.2, 0.25) is 0 Å². The zero-order chi connectivity index (χ0) is 19.1. The number of pyridine rings is 1. The van der Waals surface area contributed by atoms with Crippen LogP contribution in [-0.2, 0) is 12.0 Å². The lowest BCUT2D eigenvalue weighted by Gasteiger charge is -2.38. The lowest BCUT2D eigenvalue weighted by Crippen LogP contribution is -2.43. The van der Waals surface area contributed by atoms with Crippen molar-refractivity contribution in [1.29, 1.82) is 0 Å². The molecule has 1 amide bonds. The molecule has 0 radical (unpaired) electrons. The van der Waals surface area contributed by atoms with E-state index >= 15 is 0 Å². The molecule has 2 aliphatic rings. The van der Waals surface area contributed by atoms with Gasteiger partial charge in [0.15, 0.2) is 0 Å². The molecular weight excluding hydrogens is 346 g/mol. The predicted molar refractivity (Wildman–Crippen MR) is 111 cm³/mol. The highest BCUT2D eigenvalue weighted by Crippen LogP contribution is 2.40. The van der Waals surface area contributed by atoms with Gasteiger partial charge in [-0.05, 0) is 36.5 Å². The molecule has 0 saturated heterocycles. The van der Waals surface area contributed by atoms with Crippen LogP contribution in [0.25, 0.3) is 22.4 Å². The second-order valence-corrected chi connectivity index (χ2v) is 7.84. The zero-order valence-corrected chi connectivity index (χ0v) is 15.7. The summed E-state index contributed by atoms with van der Waals surface area (Å²) in [7, 11) is 0. The van der Waals surface area contributed by atoms with Gasteiger partial charge in [0.25, 0.3) is 5.91 Å². The van der Waals surface area contributed by atoms with Crippen molar-refractivity contribution in [2.24, 2.45) is 5.73 Å². The minimum Gasteiger partial charge on any atom is -0.352 e. The SMILES string of the molecule is NC1(c2ccc(-c3nc4c(cc3-c3ccccc3)C(=O)NCC4)cc2)CCC1. The Hall–Kier alpha value is -2.98. The van der Waals surface area contributed by atoms with Crippen LogP contribution in [0.1, 0.15) is 40.9 Å². The molecule has 3 aromatic rings. The largest absolute Gasteiger partial charge is 0.352 e. The van der Waals surface area contributed by atoms with E-state index in [-0.39, 0.29) is 11.4 Å². The third-order valence-electron chi connectivity index (χ3n) is 6.06. The van der Waals surface area contributed by atoms with E-state index in [0.717, 1.165) is 47.3 Å². The van der Waals surface area contributed by atoms with Gasteiger partial charge in [-0.3, -0.25) is 9.78 Å². The van der Waals surface area contributed by atoms with Gasteiger partial charge >= 0.3 is 0 Å². The molecular formula is C24H23N3O. The smallest absolute Gasteiger partial charge is 0.253 e. The fraction of sp³-hybridized carbons (Fsp3) is 0.250. The number of fused-ring (bicyclic) bond motifs is 1. The number of nitrogens with one attached hydrogen (secondary N) is 1. The summed E-state index contributed by atoms with van der Waals surface area (Å²) in [6.45, 7) is 0.636. The van der Waals surface area contributed by atoms with Crippen LogP contribution in [-0.4, -0.2) is 17.4 Å². The number of carbonyl (C=O) groups excluding carboxylic acids is 1. The predicted octanol–water partition coefficient (Wildman–Crippen LogP) is 4.04. The van der Waals surface area contributed by atoms with Gasteiger partial charge in [0, 0.05) is 29.6 Å². The van der Waals surface area contributed by atoms with Crippen molar-refractivity contribution in [3.8, 4) is 22.4 Å². The number of nitrogens with zero attached hydrogens (tertiary/aromatic N) is 1. The highest BCUT2D eigenvalue weighted by molar-refractivity contribution is 5.99. The van der Waals surface area contributed by atoms with Crippen LogP contribution >= 0.6 is 0 Å². The average Bonchev–Trinajstić information content (AvgIpc) is 2.72. The number of nitrogens with two attached hydrogens (primary N) is 1. The summed E-state index contributed by atoms with van der Waals surface area (Å²) in [5.74, 6) is -0.0390. The van der Waals surface area contributed by atoms with Crippen LogP contribution in [0.15, 0.2) is 60.7 Å². The maximum atomic E-state index is 12.3. The van der Waals surface area contributed by atoms with E-state index in [4.69, 9.17) is 10.7 Å². The van der Waals surface area contributed by atoms with Crippen LogP contribution in [0.2, 0.25) is 0 Å². The number of aromatic nitrogens is 1. The van der Waals surface area contributed by atoms with E-state index in [1.165, 1.54) is 12.0 Å². The molecule has 2 heterocycles. The number of benzene rings is 2. The molecule has 1 saturated carbocycles. The van der Waals surface area contributed by atoms with Crippen molar-refractivity contribution in [2.75, 3.05) is 6.54 Å². The Bertz CT molecular complexity index is 1040. The molecule has 0 spiro atoms. The molecule has 1 aromatic heterocycles. The van der Waals surface area contributed by atoms with Crippen molar-refractivity contribution in [3.05, 3.63) is 77.5 Å². The minimum atomic E-state index is -0.165. The second-order valence-electron chi connectivity index (χ2n) is 7.84. The molecule has 4 nitrogen and oxygen atoms in total. The standard InChI is InChI=1S/C24H23N3O/c25-24(12-4-13-24)18-9-7-17(8-10-18)22-19(16-5-2-1-3-6-16)15-20-21(27-22)11-14-26-23(20)28/h1-3,5-10,15H,4,11-14,25H2,(H,26,28). The Morgan fingerprint density at radius 1 is 0.929 bits per heavy atom. The molecule has 2 aromatic carbocycles. The Labute approximate surface area is 164 Å². The molecule has 0 bridgehead atoms. The molecule has 140 valence electrons. The molecule has 4 heteroatoms. The first kappa shape index (κ1) is 17.1. The maximum Gasteiger partial charge on any atom is 0.253 e. The highest BCUT2D eigenvalue weighted by Gasteiger charge is 2.34. The average molecular weight is 369 g/mol. The summed E-state index contributed by atoms with van der Waals surface area (Å²) < 4.78 is 0. The zero-order valence-electron chi connectivity index (χ0n) is 15.7. The molecule has 28 heavy (non-hydrogen) atoms. The highest BCUT2D eigenvalue weighted by atomic mass is 16.1. The molecule has 5 rings (SSSR count). The van der Waals surface area contributed by atoms with Crippen molar-refractivity contribution < 1.29 is 4.79 Å². The molecule has 0 atom stereocenters. The van der Waals surface area contributed by atoms with Gasteiger partial charge in [-0.15, -0.1) is 0 Å². The molecule has 1 aliphatic heterocycles. The Balaban J connectivity index is 1.64. The fourth-order valence-electron chi connectivity index (χ4n) is 4.19. The number of hydrogen-bond acceptors (Lipinski definition) is 3. The van der Waals surface area contributed by atoms with Crippen molar-refractivity contribution in [3.63, 3.8) is 0 Å². The summed E-state index contributed by atoms with van der Waals surface area (Å²) in [4.78, 5) is 17.3. The van der Waals surface area contributed by atoms with Gasteiger partial charge in [-0.2, -0.15) is 0 Å².